The van der Waals surface area contributed by atoms with Gasteiger partial charge in [-0.1, -0.05) is 42.5 Å². The van der Waals surface area contributed by atoms with Crippen LogP contribution in [0.3, 0.4) is 0 Å². The zero-order valence-corrected chi connectivity index (χ0v) is 15.4. The number of hydrogen-bond acceptors (Lipinski definition) is 3. The van der Waals surface area contributed by atoms with Gasteiger partial charge >= 0.3 is 0 Å². The summed E-state index contributed by atoms with van der Waals surface area (Å²) >= 11 is 0. The van der Waals surface area contributed by atoms with Crippen LogP contribution in [0.2, 0.25) is 0 Å². The molecule has 0 fully saturated rings. The van der Waals surface area contributed by atoms with E-state index in [4.69, 9.17) is 4.74 Å². The molecule has 136 valence electrons. The lowest BCUT2D eigenvalue weighted by Gasteiger charge is -2.10. The van der Waals surface area contributed by atoms with Crippen molar-refractivity contribution in [2.45, 2.75) is 13.8 Å². The van der Waals surface area contributed by atoms with Gasteiger partial charge in [-0.2, -0.15) is 0 Å². The lowest BCUT2D eigenvalue weighted by atomic mass is 10.0. The summed E-state index contributed by atoms with van der Waals surface area (Å²) in [4.78, 5) is 24.5. The van der Waals surface area contributed by atoms with E-state index in [0.29, 0.717) is 16.9 Å². The van der Waals surface area contributed by atoms with Gasteiger partial charge in [-0.05, 0) is 55.3 Å². The van der Waals surface area contributed by atoms with E-state index in [9.17, 15) is 9.59 Å². The molecule has 0 aliphatic carbocycles. The van der Waals surface area contributed by atoms with Gasteiger partial charge in [0, 0.05) is 16.8 Å². The SMILES string of the molecule is Cc1ccc(C)c(NC(=O)COc2ccc(C(=O)c3ccccc3)cc2)c1. The van der Waals surface area contributed by atoms with Crippen LogP contribution >= 0.6 is 0 Å². The Labute approximate surface area is 158 Å². The summed E-state index contributed by atoms with van der Waals surface area (Å²) in [7, 11) is 0. The maximum atomic E-state index is 12.4. The lowest BCUT2D eigenvalue weighted by molar-refractivity contribution is -0.118. The van der Waals surface area contributed by atoms with Crippen LogP contribution in [0.15, 0.2) is 72.8 Å². The molecule has 0 aromatic heterocycles. The monoisotopic (exact) mass is 359 g/mol. The minimum absolute atomic E-state index is 0.0465. The predicted molar refractivity (Wildman–Crippen MR) is 106 cm³/mol. The summed E-state index contributed by atoms with van der Waals surface area (Å²) in [5, 5.41) is 2.85. The van der Waals surface area contributed by atoms with Gasteiger partial charge in [0.15, 0.2) is 12.4 Å². The number of nitrogens with one attached hydrogen (secondary N) is 1. The normalized spacial score (nSPS) is 10.3. The molecule has 0 bridgehead atoms. The third kappa shape index (κ3) is 4.82. The zero-order valence-electron chi connectivity index (χ0n) is 15.4. The number of hydrogen-bond donors (Lipinski definition) is 1. The fourth-order valence-corrected chi connectivity index (χ4v) is 2.66. The minimum atomic E-state index is -0.229. The second-order valence-electron chi connectivity index (χ2n) is 6.37. The maximum Gasteiger partial charge on any atom is 0.262 e. The first kappa shape index (κ1) is 18.4. The summed E-state index contributed by atoms with van der Waals surface area (Å²) < 4.78 is 5.53. The number of ketones is 1. The highest BCUT2D eigenvalue weighted by atomic mass is 16.5. The van der Waals surface area contributed by atoms with Gasteiger partial charge < -0.3 is 10.1 Å². The molecule has 3 aromatic rings. The number of anilines is 1. The summed E-state index contributed by atoms with van der Waals surface area (Å²) in [6.45, 7) is 3.82. The maximum absolute atomic E-state index is 12.4. The van der Waals surface area contributed by atoms with E-state index < -0.39 is 0 Å². The highest BCUT2D eigenvalue weighted by Crippen LogP contribution is 2.17. The zero-order chi connectivity index (χ0) is 19.2. The van der Waals surface area contributed by atoms with E-state index in [1.165, 1.54) is 0 Å². The third-order valence-corrected chi connectivity index (χ3v) is 4.19. The van der Waals surface area contributed by atoms with Crippen molar-refractivity contribution in [1.82, 2.24) is 0 Å². The molecule has 3 rings (SSSR count). The molecular formula is C23H21NO3. The minimum Gasteiger partial charge on any atom is -0.484 e. The van der Waals surface area contributed by atoms with Crippen molar-refractivity contribution in [2.24, 2.45) is 0 Å². The molecule has 0 saturated carbocycles. The standard InChI is InChI=1S/C23H21NO3/c1-16-8-9-17(2)21(14-16)24-22(25)15-27-20-12-10-19(11-13-20)23(26)18-6-4-3-5-7-18/h3-14H,15H2,1-2H3,(H,24,25). The summed E-state index contributed by atoms with van der Waals surface area (Å²) in [6, 6.07) is 21.8. The van der Waals surface area contributed by atoms with Crippen LogP contribution in [0.25, 0.3) is 0 Å². The first-order valence-electron chi connectivity index (χ1n) is 8.72. The van der Waals surface area contributed by atoms with Crippen LogP contribution in [0, 0.1) is 13.8 Å². The highest BCUT2D eigenvalue weighted by molar-refractivity contribution is 6.09. The topological polar surface area (TPSA) is 55.4 Å². The largest absolute Gasteiger partial charge is 0.484 e. The molecule has 4 nitrogen and oxygen atoms in total. The first-order chi connectivity index (χ1) is 13.0. The van der Waals surface area contributed by atoms with Crippen molar-refractivity contribution >= 4 is 17.4 Å². The highest BCUT2D eigenvalue weighted by Gasteiger charge is 2.09. The number of ether oxygens (including phenoxy) is 1. The van der Waals surface area contributed by atoms with E-state index >= 15 is 0 Å². The quantitative estimate of drug-likeness (QED) is 0.657. The smallest absolute Gasteiger partial charge is 0.262 e. The van der Waals surface area contributed by atoms with Crippen LogP contribution in [-0.4, -0.2) is 18.3 Å². The summed E-state index contributed by atoms with van der Waals surface area (Å²) in [6.07, 6.45) is 0. The Hall–Kier alpha value is -3.40. The van der Waals surface area contributed by atoms with Crippen LogP contribution < -0.4 is 10.1 Å². The summed E-state index contributed by atoms with van der Waals surface area (Å²) in [5.74, 6) is 0.263. The molecule has 3 aromatic carbocycles. The number of amides is 1. The van der Waals surface area contributed by atoms with Crippen molar-refractivity contribution in [3.63, 3.8) is 0 Å². The molecule has 0 radical (unpaired) electrons. The van der Waals surface area contributed by atoms with Crippen molar-refractivity contribution in [3.8, 4) is 5.75 Å². The number of carbonyl (C=O) groups is 2. The Balaban J connectivity index is 1.58. The van der Waals surface area contributed by atoms with E-state index in [0.717, 1.165) is 16.8 Å². The van der Waals surface area contributed by atoms with E-state index in [2.05, 4.69) is 5.32 Å². The van der Waals surface area contributed by atoms with Crippen LogP contribution in [0.4, 0.5) is 5.69 Å². The first-order valence-corrected chi connectivity index (χ1v) is 8.72. The lowest BCUT2D eigenvalue weighted by Crippen LogP contribution is -2.20. The summed E-state index contributed by atoms with van der Waals surface area (Å²) in [5.41, 5.74) is 4.08. The van der Waals surface area contributed by atoms with Gasteiger partial charge in [-0.25, -0.2) is 0 Å². The average Bonchev–Trinajstić information content (AvgIpc) is 2.70. The molecule has 4 heteroatoms. The van der Waals surface area contributed by atoms with Crippen molar-refractivity contribution in [1.29, 1.82) is 0 Å². The van der Waals surface area contributed by atoms with Crippen LogP contribution in [0.1, 0.15) is 27.0 Å². The molecule has 0 aliphatic heterocycles. The molecule has 1 amide bonds. The Kier molecular flexibility index (Phi) is 5.67. The van der Waals surface area contributed by atoms with Gasteiger partial charge in [-0.15, -0.1) is 0 Å². The molecule has 0 atom stereocenters. The average molecular weight is 359 g/mol. The van der Waals surface area contributed by atoms with Gasteiger partial charge in [-0.3, -0.25) is 9.59 Å². The fraction of sp³-hybridized carbons (Fsp3) is 0.130. The van der Waals surface area contributed by atoms with Gasteiger partial charge in [0.05, 0.1) is 0 Å². The molecule has 27 heavy (non-hydrogen) atoms. The fourth-order valence-electron chi connectivity index (χ4n) is 2.66. The molecule has 1 N–H and O–H groups in total. The van der Waals surface area contributed by atoms with E-state index in [-0.39, 0.29) is 18.3 Å². The van der Waals surface area contributed by atoms with Crippen LogP contribution in [-0.2, 0) is 4.79 Å². The predicted octanol–water partition coefficient (Wildman–Crippen LogP) is 4.55. The van der Waals surface area contributed by atoms with E-state index in [1.54, 1.807) is 36.4 Å². The Bertz CT molecular complexity index is 947. The van der Waals surface area contributed by atoms with Gasteiger partial charge in [0.2, 0.25) is 0 Å². The van der Waals surface area contributed by atoms with E-state index in [1.807, 2.05) is 50.2 Å². The molecule has 0 saturated heterocycles. The second kappa shape index (κ2) is 8.32. The number of aryl methyl sites for hydroxylation is 2. The second-order valence-corrected chi connectivity index (χ2v) is 6.37. The molecule has 0 heterocycles. The molecule has 0 unspecified atom stereocenters. The third-order valence-electron chi connectivity index (χ3n) is 4.19. The molecule has 0 aliphatic rings. The number of rotatable bonds is 6. The Morgan fingerprint density at radius 2 is 1.52 bits per heavy atom. The van der Waals surface area contributed by atoms with Crippen molar-refractivity contribution < 1.29 is 14.3 Å². The molecular weight excluding hydrogens is 338 g/mol. The van der Waals surface area contributed by atoms with Gasteiger partial charge in [0.25, 0.3) is 5.91 Å². The van der Waals surface area contributed by atoms with Crippen molar-refractivity contribution in [3.05, 3.63) is 95.1 Å². The van der Waals surface area contributed by atoms with Crippen LogP contribution in [0.5, 0.6) is 5.75 Å². The number of benzene rings is 3. The molecule has 0 spiro atoms. The number of carbonyl (C=O) groups excluding carboxylic acids is 2. The van der Waals surface area contributed by atoms with Gasteiger partial charge in [0.1, 0.15) is 5.75 Å². The Morgan fingerprint density at radius 3 is 2.22 bits per heavy atom. The van der Waals surface area contributed by atoms with Crippen molar-refractivity contribution in [2.75, 3.05) is 11.9 Å². The Morgan fingerprint density at radius 1 is 0.852 bits per heavy atom.